The van der Waals surface area contributed by atoms with Crippen LogP contribution in [0.25, 0.3) is 22.8 Å². The molecular weight excluding hydrogens is 769 g/mol. The zero-order valence-electron chi connectivity index (χ0n) is 38.0. The fraction of sp³-hybridized carbons (Fsp3) is 0.519. The van der Waals surface area contributed by atoms with Gasteiger partial charge in [-0.05, 0) is 149 Å². The van der Waals surface area contributed by atoms with Crippen LogP contribution in [0.4, 0.5) is 0 Å². The fourth-order valence-electron chi connectivity index (χ4n) is 7.43. The van der Waals surface area contributed by atoms with Crippen molar-refractivity contribution in [3.8, 4) is 45.8 Å². The minimum atomic E-state index is 0.674. The van der Waals surface area contributed by atoms with E-state index in [2.05, 4.69) is 33.8 Å². The third-order valence-corrected chi connectivity index (χ3v) is 11.3. The van der Waals surface area contributed by atoms with Crippen LogP contribution in [0.5, 0.6) is 23.0 Å². The summed E-state index contributed by atoms with van der Waals surface area (Å²) in [4.78, 5) is 18.5. The molecule has 8 nitrogen and oxygen atoms in total. The maximum atomic E-state index is 6.13. The van der Waals surface area contributed by atoms with Gasteiger partial charge in [0.25, 0.3) is 0 Å². The number of aryl methyl sites for hydroxylation is 2. The van der Waals surface area contributed by atoms with Gasteiger partial charge in [-0.1, -0.05) is 90.2 Å². The number of rotatable bonds is 34. The van der Waals surface area contributed by atoms with E-state index in [0.29, 0.717) is 26.4 Å². The highest BCUT2D eigenvalue weighted by Gasteiger charge is 2.07. The Labute approximate surface area is 373 Å². The maximum absolute atomic E-state index is 6.13. The molecule has 0 saturated heterocycles. The zero-order valence-corrected chi connectivity index (χ0v) is 38.0. The van der Waals surface area contributed by atoms with Crippen LogP contribution in [0.2, 0.25) is 0 Å². The molecule has 0 N–H and O–H groups in total. The van der Waals surface area contributed by atoms with E-state index < -0.39 is 0 Å². The van der Waals surface area contributed by atoms with Crippen LogP contribution in [0.1, 0.15) is 153 Å². The first-order valence-corrected chi connectivity index (χ1v) is 24.1. The summed E-state index contributed by atoms with van der Waals surface area (Å²) >= 11 is 0. The Morgan fingerprint density at radius 1 is 0.339 bits per heavy atom. The molecule has 3 aromatic carbocycles. The molecule has 0 bridgehead atoms. The Balaban J connectivity index is 0.851. The molecular formula is C54H74N4O4. The second-order valence-electron chi connectivity index (χ2n) is 16.6. The highest BCUT2D eigenvalue weighted by atomic mass is 16.5. The van der Waals surface area contributed by atoms with Crippen molar-refractivity contribution in [1.82, 2.24) is 19.9 Å². The van der Waals surface area contributed by atoms with Crippen molar-refractivity contribution >= 4 is 0 Å². The summed E-state index contributed by atoms with van der Waals surface area (Å²) in [5.41, 5.74) is 4.46. The topological polar surface area (TPSA) is 88.5 Å². The molecule has 5 aromatic rings. The number of ether oxygens (including phenoxy) is 4. The Morgan fingerprint density at radius 3 is 1.03 bits per heavy atom. The molecule has 62 heavy (non-hydrogen) atoms. The molecule has 0 fully saturated rings. The Kier molecular flexibility index (Phi) is 23.4. The van der Waals surface area contributed by atoms with Crippen LogP contribution in [0.15, 0.2) is 97.6 Å². The van der Waals surface area contributed by atoms with Crippen molar-refractivity contribution in [2.24, 2.45) is 0 Å². The molecule has 5 rings (SSSR count). The van der Waals surface area contributed by atoms with Gasteiger partial charge < -0.3 is 18.9 Å². The standard InChI is InChI=1S/C54H74N4O4/c1-3-5-7-9-11-17-25-45-41-55-53(56-42-45)47-29-33-49(34-30-47)59-37-21-13-15-23-39-61-51-27-19-20-28-52(51)62-40-24-16-14-22-38-60-50-35-31-48(32-36-50)54-57-43-46(44-58-54)26-18-12-10-8-6-4-2/h19-20,27-36,41-44H,3-18,21-26,37-40H2,1-2H3. The summed E-state index contributed by atoms with van der Waals surface area (Å²) in [7, 11) is 0. The van der Waals surface area contributed by atoms with Crippen LogP contribution in [-0.2, 0) is 12.8 Å². The van der Waals surface area contributed by atoms with E-state index >= 15 is 0 Å². The lowest BCUT2D eigenvalue weighted by atomic mass is 10.1. The second kappa shape index (κ2) is 30.1. The van der Waals surface area contributed by atoms with Gasteiger partial charge in [-0.15, -0.1) is 0 Å². The average molecular weight is 843 g/mol. The Bertz CT molecular complexity index is 1730. The van der Waals surface area contributed by atoms with Crippen molar-refractivity contribution in [3.63, 3.8) is 0 Å². The van der Waals surface area contributed by atoms with E-state index in [9.17, 15) is 0 Å². The summed E-state index contributed by atoms with van der Waals surface area (Å²) in [6.45, 7) is 7.27. The molecule has 0 atom stereocenters. The molecule has 334 valence electrons. The third-order valence-electron chi connectivity index (χ3n) is 11.3. The van der Waals surface area contributed by atoms with E-state index in [1.54, 1.807) is 0 Å². The van der Waals surface area contributed by atoms with E-state index in [1.807, 2.05) is 97.6 Å². The highest BCUT2D eigenvalue weighted by Crippen LogP contribution is 2.27. The number of aromatic nitrogens is 4. The fourth-order valence-corrected chi connectivity index (χ4v) is 7.43. The number of para-hydroxylation sites is 2. The lowest BCUT2D eigenvalue weighted by Gasteiger charge is -2.13. The molecule has 0 aliphatic carbocycles. The highest BCUT2D eigenvalue weighted by molar-refractivity contribution is 5.56. The largest absolute Gasteiger partial charge is 0.494 e. The summed E-state index contributed by atoms with van der Waals surface area (Å²) in [5.74, 6) is 4.93. The second-order valence-corrected chi connectivity index (χ2v) is 16.6. The summed E-state index contributed by atoms with van der Waals surface area (Å²) in [5, 5.41) is 0. The van der Waals surface area contributed by atoms with Gasteiger partial charge in [-0.25, -0.2) is 19.9 Å². The Morgan fingerprint density at radius 2 is 0.661 bits per heavy atom. The minimum Gasteiger partial charge on any atom is -0.494 e. The van der Waals surface area contributed by atoms with E-state index in [0.717, 1.165) is 110 Å². The molecule has 0 unspecified atom stereocenters. The van der Waals surface area contributed by atoms with Gasteiger partial charge >= 0.3 is 0 Å². The molecule has 0 aliphatic heterocycles. The molecule has 8 heteroatoms. The number of benzene rings is 3. The minimum absolute atomic E-state index is 0.674. The van der Waals surface area contributed by atoms with Gasteiger partial charge in [0.15, 0.2) is 23.1 Å². The van der Waals surface area contributed by atoms with E-state index in [1.165, 1.54) is 88.2 Å². The van der Waals surface area contributed by atoms with Crippen LogP contribution >= 0.6 is 0 Å². The Hall–Kier alpha value is -4.98. The molecule has 0 aliphatic rings. The molecule has 2 heterocycles. The average Bonchev–Trinajstić information content (AvgIpc) is 3.31. The van der Waals surface area contributed by atoms with Crippen LogP contribution < -0.4 is 18.9 Å². The first-order chi connectivity index (χ1) is 30.7. The number of unbranched alkanes of at least 4 members (excludes halogenated alkanes) is 16. The van der Waals surface area contributed by atoms with Crippen molar-refractivity contribution in [2.45, 2.75) is 155 Å². The van der Waals surface area contributed by atoms with Crippen molar-refractivity contribution in [3.05, 3.63) is 109 Å². The first kappa shape index (κ1) is 48.1. The number of nitrogens with zero attached hydrogens (tertiary/aromatic N) is 4. The van der Waals surface area contributed by atoms with Crippen LogP contribution in [0, 0.1) is 0 Å². The lowest BCUT2D eigenvalue weighted by Crippen LogP contribution is -2.03. The molecule has 0 saturated carbocycles. The normalized spacial score (nSPS) is 11.1. The van der Waals surface area contributed by atoms with Crippen molar-refractivity contribution in [2.75, 3.05) is 26.4 Å². The lowest BCUT2D eigenvalue weighted by molar-refractivity contribution is 0.254. The number of hydrogen-bond acceptors (Lipinski definition) is 8. The SMILES string of the molecule is CCCCCCCCc1cnc(-c2ccc(OCCCCCCOc3ccccc3OCCCCCCOc3ccc(-c4ncc(CCCCCCCC)cn4)cc3)cc2)nc1. The molecule has 2 aromatic heterocycles. The molecule has 0 radical (unpaired) electrons. The predicted octanol–water partition coefficient (Wildman–Crippen LogP) is 14.4. The van der Waals surface area contributed by atoms with Gasteiger partial charge in [0.1, 0.15) is 11.5 Å². The smallest absolute Gasteiger partial charge is 0.161 e. The maximum Gasteiger partial charge on any atom is 0.161 e. The van der Waals surface area contributed by atoms with Crippen LogP contribution in [0.3, 0.4) is 0 Å². The predicted molar refractivity (Wildman–Crippen MR) is 254 cm³/mol. The van der Waals surface area contributed by atoms with Gasteiger partial charge in [0, 0.05) is 35.9 Å². The molecule has 0 amide bonds. The third kappa shape index (κ3) is 19.0. The van der Waals surface area contributed by atoms with Gasteiger partial charge in [-0.3, -0.25) is 0 Å². The molecule has 0 spiro atoms. The summed E-state index contributed by atoms with van der Waals surface area (Å²) in [6, 6.07) is 24.2. The van der Waals surface area contributed by atoms with E-state index in [-0.39, 0.29) is 0 Å². The first-order valence-electron chi connectivity index (χ1n) is 24.1. The zero-order chi connectivity index (χ0) is 43.1. The quantitative estimate of drug-likeness (QED) is 0.0378. The van der Waals surface area contributed by atoms with Gasteiger partial charge in [0.05, 0.1) is 26.4 Å². The van der Waals surface area contributed by atoms with E-state index in [4.69, 9.17) is 18.9 Å². The number of hydrogen-bond donors (Lipinski definition) is 0. The summed E-state index contributed by atoms with van der Waals surface area (Å²) in [6.07, 6.45) is 34.0. The van der Waals surface area contributed by atoms with Gasteiger partial charge in [-0.2, -0.15) is 0 Å². The van der Waals surface area contributed by atoms with Gasteiger partial charge in [0.2, 0.25) is 0 Å². The van der Waals surface area contributed by atoms with Crippen molar-refractivity contribution in [1.29, 1.82) is 0 Å². The van der Waals surface area contributed by atoms with Crippen molar-refractivity contribution < 1.29 is 18.9 Å². The summed E-state index contributed by atoms with van der Waals surface area (Å²) < 4.78 is 24.3. The monoisotopic (exact) mass is 843 g/mol. The van der Waals surface area contributed by atoms with Crippen LogP contribution in [-0.4, -0.2) is 46.4 Å².